The summed E-state index contributed by atoms with van der Waals surface area (Å²) in [7, 11) is 1.87. The number of pyridine rings is 1. The number of aromatic nitrogens is 1. The number of nitrogens with zero attached hydrogens (tertiary/aromatic N) is 3. The van der Waals surface area contributed by atoms with Crippen molar-refractivity contribution in [3.63, 3.8) is 0 Å². The summed E-state index contributed by atoms with van der Waals surface area (Å²) in [6.45, 7) is 5.81. The summed E-state index contributed by atoms with van der Waals surface area (Å²) in [4.78, 5) is 19.9. The number of likely N-dealkylation sites (N-methyl/N-ethyl adjacent to an activating group) is 2. The zero-order chi connectivity index (χ0) is 12.8. The van der Waals surface area contributed by atoms with Crippen LogP contribution in [0, 0.1) is 0 Å². The fraction of sp³-hybridized carbons (Fsp3) is 0.500. The van der Waals surface area contributed by atoms with E-state index < -0.39 is 0 Å². The number of carbonyl (C=O) groups excluding carboxylic acids is 1. The minimum Gasteiger partial charge on any atom is -0.350 e. The molecule has 0 unspecified atom stereocenters. The minimum atomic E-state index is 0.124. The molecule has 0 radical (unpaired) electrons. The molecule has 5 heteroatoms. The van der Waals surface area contributed by atoms with Crippen LogP contribution in [-0.2, 0) is 4.79 Å². The molecule has 1 aromatic heterocycles. The van der Waals surface area contributed by atoms with Crippen molar-refractivity contribution in [1.82, 2.24) is 9.88 Å². The van der Waals surface area contributed by atoms with Crippen LogP contribution in [0.2, 0.25) is 0 Å². The first kappa shape index (κ1) is 14.0. The highest BCUT2D eigenvalue weighted by Crippen LogP contribution is 2.13. The molecule has 1 aromatic rings. The number of anilines is 1. The highest BCUT2D eigenvalue weighted by molar-refractivity contribution is 9.10. The van der Waals surface area contributed by atoms with Crippen LogP contribution in [0.15, 0.2) is 22.8 Å². The Morgan fingerprint density at radius 2 is 2.00 bits per heavy atom. The van der Waals surface area contributed by atoms with E-state index in [9.17, 15) is 4.79 Å². The standard InChI is InChI=1S/C12H18BrN3O/c1-4-16(5-2)12(17)9-15(3)11-8-6-7-10(13)14-11/h6-8H,4-5,9H2,1-3H3. The van der Waals surface area contributed by atoms with Crippen molar-refractivity contribution in [2.45, 2.75) is 13.8 Å². The zero-order valence-electron chi connectivity index (χ0n) is 10.5. The van der Waals surface area contributed by atoms with Gasteiger partial charge in [0.05, 0.1) is 6.54 Å². The van der Waals surface area contributed by atoms with Crippen LogP contribution in [0.25, 0.3) is 0 Å². The van der Waals surface area contributed by atoms with Gasteiger partial charge in [0.25, 0.3) is 0 Å². The third-order valence-electron chi connectivity index (χ3n) is 2.58. The lowest BCUT2D eigenvalue weighted by Gasteiger charge is -2.23. The summed E-state index contributed by atoms with van der Waals surface area (Å²) >= 11 is 3.32. The maximum Gasteiger partial charge on any atom is 0.242 e. The average molecular weight is 300 g/mol. The average Bonchev–Trinajstić information content (AvgIpc) is 2.30. The molecule has 1 heterocycles. The SMILES string of the molecule is CCN(CC)C(=O)CN(C)c1cccc(Br)n1. The van der Waals surface area contributed by atoms with E-state index in [-0.39, 0.29) is 5.91 Å². The molecule has 0 aliphatic rings. The van der Waals surface area contributed by atoms with E-state index in [0.29, 0.717) is 6.54 Å². The second kappa shape index (κ2) is 6.59. The van der Waals surface area contributed by atoms with Crippen LogP contribution in [0.5, 0.6) is 0 Å². The summed E-state index contributed by atoms with van der Waals surface area (Å²) in [6.07, 6.45) is 0. The monoisotopic (exact) mass is 299 g/mol. The van der Waals surface area contributed by atoms with E-state index in [0.717, 1.165) is 23.5 Å². The van der Waals surface area contributed by atoms with Crippen LogP contribution < -0.4 is 4.90 Å². The molecular weight excluding hydrogens is 282 g/mol. The van der Waals surface area contributed by atoms with Gasteiger partial charge in [-0.2, -0.15) is 0 Å². The maximum absolute atomic E-state index is 11.9. The van der Waals surface area contributed by atoms with Crippen molar-refractivity contribution >= 4 is 27.7 Å². The maximum atomic E-state index is 11.9. The van der Waals surface area contributed by atoms with E-state index in [4.69, 9.17) is 0 Å². The molecule has 0 saturated carbocycles. The number of hydrogen-bond donors (Lipinski definition) is 0. The van der Waals surface area contributed by atoms with Crippen molar-refractivity contribution < 1.29 is 4.79 Å². The van der Waals surface area contributed by atoms with Crippen molar-refractivity contribution in [1.29, 1.82) is 0 Å². The first-order valence-electron chi connectivity index (χ1n) is 5.70. The predicted molar refractivity (Wildman–Crippen MR) is 73.1 cm³/mol. The number of carbonyl (C=O) groups is 1. The fourth-order valence-corrected chi connectivity index (χ4v) is 1.90. The van der Waals surface area contributed by atoms with Gasteiger partial charge in [0.2, 0.25) is 5.91 Å². The molecule has 1 amide bonds. The molecule has 0 spiro atoms. The van der Waals surface area contributed by atoms with E-state index in [1.807, 2.05) is 48.9 Å². The Labute approximate surface area is 111 Å². The molecule has 0 saturated heterocycles. The first-order valence-corrected chi connectivity index (χ1v) is 6.49. The number of hydrogen-bond acceptors (Lipinski definition) is 3. The lowest BCUT2D eigenvalue weighted by Crippen LogP contribution is -2.39. The van der Waals surface area contributed by atoms with Crippen LogP contribution in [0.4, 0.5) is 5.82 Å². The molecular formula is C12H18BrN3O. The molecule has 0 aliphatic carbocycles. The van der Waals surface area contributed by atoms with Gasteiger partial charge in [-0.1, -0.05) is 6.07 Å². The van der Waals surface area contributed by atoms with E-state index in [1.54, 1.807) is 0 Å². The third-order valence-corrected chi connectivity index (χ3v) is 3.02. The Morgan fingerprint density at radius 1 is 1.35 bits per heavy atom. The normalized spacial score (nSPS) is 10.1. The number of rotatable bonds is 5. The van der Waals surface area contributed by atoms with Crippen molar-refractivity contribution in [3.8, 4) is 0 Å². The lowest BCUT2D eigenvalue weighted by molar-refractivity contribution is -0.129. The Balaban J connectivity index is 2.66. The van der Waals surface area contributed by atoms with Crippen LogP contribution in [0.1, 0.15) is 13.8 Å². The summed E-state index contributed by atoms with van der Waals surface area (Å²) in [6, 6.07) is 5.66. The Morgan fingerprint density at radius 3 is 2.53 bits per heavy atom. The molecule has 94 valence electrons. The zero-order valence-corrected chi connectivity index (χ0v) is 12.1. The van der Waals surface area contributed by atoms with Crippen LogP contribution in [-0.4, -0.2) is 42.5 Å². The molecule has 0 fully saturated rings. The van der Waals surface area contributed by atoms with E-state index in [2.05, 4.69) is 20.9 Å². The van der Waals surface area contributed by atoms with Gasteiger partial charge >= 0.3 is 0 Å². The molecule has 4 nitrogen and oxygen atoms in total. The molecule has 0 aliphatic heterocycles. The lowest BCUT2D eigenvalue weighted by atomic mass is 10.4. The third kappa shape index (κ3) is 4.00. The Hall–Kier alpha value is -1.10. The second-order valence-electron chi connectivity index (χ2n) is 3.74. The van der Waals surface area contributed by atoms with E-state index >= 15 is 0 Å². The van der Waals surface area contributed by atoms with Crippen molar-refractivity contribution in [2.24, 2.45) is 0 Å². The molecule has 0 N–H and O–H groups in total. The second-order valence-corrected chi connectivity index (χ2v) is 4.55. The molecule has 1 rings (SSSR count). The quantitative estimate of drug-likeness (QED) is 0.782. The molecule has 0 aromatic carbocycles. The summed E-state index contributed by atoms with van der Waals surface area (Å²) in [5, 5.41) is 0. The topological polar surface area (TPSA) is 36.4 Å². The highest BCUT2D eigenvalue weighted by atomic mass is 79.9. The van der Waals surface area contributed by atoms with Crippen molar-refractivity contribution in [3.05, 3.63) is 22.8 Å². The smallest absolute Gasteiger partial charge is 0.242 e. The van der Waals surface area contributed by atoms with Gasteiger partial charge in [-0.25, -0.2) is 4.98 Å². The summed E-state index contributed by atoms with van der Waals surface area (Å²) in [5.41, 5.74) is 0. The van der Waals surface area contributed by atoms with E-state index in [1.165, 1.54) is 0 Å². The van der Waals surface area contributed by atoms with Crippen LogP contribution >= 0.6 is 15.9 Å². The largest absolute Gasteiger partial charge is 0.350 e. The minimum absolute atomic E-state index is 0.124. The van der Waals surface area contributed by atoms with Crippen molar-refractivity contribution in [2.75, 3.05) is 31.6 Å². The van der Waals surface area contributed by atoms with Gasteiger partial charge in [-0.15, -0.1) is 0 Å². The highest BCUT2D eigenvalue weighted by Gasteiger charge is 2.13. The number of amides is 1. The summed E-state index contributed by atoms with van der Waals surface area (Å²) in [5.74, 6) is 0.916. The van der Waals surface area contributed by atoms with Gasteiger partial charge in [0.15, 0.2) is 0 Å². The first-order chi connectivity index (χ1) is 8.08. The van der Waals surface area contributed by atoms with Gasteiger partial charge in [0.1, 0.15) is 10.4 Å². The molecule has 0 bridgehead atoms. The van der Waals surface area contributed by atoms with Gasteiger partial charge in [-0.05, 0) is 41.9 Å². The Kier molecular flexibility index (Phi) is 5.41. The Bertz CT molecular complexity index is 380. The fourth-order valence-electron chi connectivity index (χ4n) is 1.57. The number of halogens is 1. The van der Waals surface area contributed by atoms with Gasteiger partial charge in [-0.3, -0.25) is 4.79 Å². The van der Waals surface area contributed by atoms with Crippen LogP contribution in [0.3, 0.4) is 0 Å². The van der Waals surface area contributed by atoms with Gasteiger partial charge < -0.3 is 9.80 Å². The van der Waals surface area contributed by atoms with Gasteiger partial charge in [0, 0.05) is 20.1 Å². The summed E-state index contributed by atoms with van der Waals surface area (Å²) < 4.78 is 0.775. The molecule has 0 atom stereocenters. The predicted octanol–water partition coefficient (Wildman–Crippen LogP) is 2.15. The molecule has 17 heavy (non-hydrogen) atoms.